The van der Waals surface area contributed by atoms with Crippen LogP contribution in [0.25, 0.3) is 5.69 Å². The maximum Gasteiger partial charge on any atom is 0.255 e. The highest BCUT2D eigenvalue weighted by molar-refractivity contribution is 5.95. The Balaban J connectivity index is 1.34. The molecule has 0 atom stereocenters. The Labute approximate surface area is 245 Å². The summed E-state index contributed by atoms with van der Waals surface area (Å²) in [5.74, 6) is -0.881. The van der Waals surface area contributed by atoms with Crippen LogP contribution in [0.1, 0.15) is 57.8 Å². The van der Waals surface area contributed by atoms with Crippen molar-refractivity contribution in [2.45, 2.75) is 59.4 Å². The van der Waals surface area contributed by atoms with E-state index in [9.17, 15) is 4.79 Å². The largest absolute Gasteiger partial charge is 0.494 e. The Morgan fingerprint density at radius 3 is 2.57 bits per heavy atom. The first-order valence-corrected chi connectivity index (χ1v) is 14.2. The van der Waals surface area contributed by atoms with Crippen molar-refractivity contribution >= 4 is 5.91 Å². The number of ether oxygens (including phenoxy) is 2. The van der Waals surface area contributed by atoms with Crippen molar-refractivity contribution in [3.05, 3.63) is 87.7 Å². The lowest BCUT2D eigenvalue weighted by Gasteiger charge is -2.23. The maximum atomic E-state index is 15.4. The van der Waals surface area contributed by atoms with Gasteiger partial charge in [0, 0.05) is 44.5 Å². The predicted octanol–water partition coefficient (Wildman–Crippen LogP) is 3.85. The molecule has 0 radical (unpaired) electrons. The van der Waals surface area contributed by atoms with Crippen LogP contribution in [0.2, 0.25) is 0 Å². The standard InChI is InChI=1S/C31H38FN7O3/c1-20(2)37-12-10-23-7-6-22(14-24(23)11-13-37)17-38-18-26(27(35-38)19-41-4)31(40)33-15-25-28(39-16-21(3)34-36-39)8-9-29(42-5)30(25)32/h6-9,14,16,18,20H,10-13,15,17,19H2,1-5H3,(H,33,40). The lowest BCUT2D eigenvalue weighted by molar-refractivity contribution is 0.0945. The second kappa shape index (κ2) is 12.8. The van der Waals surface area contributed by atoms with E-state index in [1.165, 1.54) is 29.0 Å². The van der Waals surface area contributed by atoms with Crippen molar-refractivity contribution in [2.24, 2.45) is 0 Å². The zero-order valence-electron chi connectivity index (χ0n) is 24.9. The summed E-state index contributed by atoms with van der Waals surface area (Å²) in [5, 5.41) is 15.6. The summed E-state index contributed by atoms with van der Waals surface area (Å²) < 4.78 is 29.1. The normalized spacial score (nSPS) is 13.7. The summed E-state index contributed by atoms with van der Waals surface area (Å²) in [4.78, 5) is 15.9. The first-order valence-electron chi connectivity index (χ1n) is 14.2. The zero-order valence-corrected chi connectivity index (χ0v) is 24.9. The van der Waals surface area contributed by atoms with Crippen LogP contribution >= 0.6 is 0 Å². The Kier molecular flexibility index (Phi) is 8.98. The Morgan fingerprint density at radius 2 is 1.88 bits per heavy atom. The number of amides is 1. The topological polar surface area (TPSA) is 99.3 Å². The van der Waals surface area contributed by atoms with E-state index in [2.05, 4.69) is 57.7 Å². The van der Waals surface area contributed by atoms with Crippen molar-refractivity contribution in [3.63, 3.8) is 0 Å². The number of carbonyl (C=O) groups is 1. The molecule has 3 heterocycles. The molecule has 1 amide bonds. The third-order valence-corrected chi connectivity index (χ3v) is 7.73. The third-order valence-electron chi connectivity index (χ3n) is 7.73. The molecule has 11 heteroatoms. The van der Waals surface area contributed by atoms with Crippen LogP contribution in [0.3, 0.4) is 0 Å². The van der Waals surface area contributed by atoms with Gasteiger partial charge in [-0.15, -0.1) is 5.10 Å². The van der Waals surface area contributed by atoms with Gasteiger partial charge in [0.2, 0.25) is 0 Å². The van der Waals surface area contributed by atoms with E-state index in [-0.39, 0.29) is 30.4 Å². The highest BCUT2D eigenvalue weighted by atomic mass is 19.1. The predicted molar refractivity (Wildman–Crippen MR) is 156 cm³/mol. The lowest BCUT2D eigenvalue weighted by Crippen LogP contribution is -2.32. The average Bonchev–Trinajstić information content (AvgIpc) is 3.51. The molecule has 2 aromatic heterocycles. The molecule has 1 N–H and O–H groups in total. The first kappa shape index (κ1) is 29.4. The molecule has 0 unspecified atom stereocenters. The number of hydrogen-bond donors (Lipinski definition) is 1. The van der Waals surface area contributed by atoms with Gasteiger partial charge in [-0.2, -0.15) is 5.10 Å². The Hall–Kier alpha value is -4.09. The highest BCUT2D eigenvalue weighted by Gasteiger charge is 2.21. The molecular formula is C31H38FN7O3. The minimum absolute atomic E-state index is 0.0744. The summed E-state index contributed by atoms with van der Waals surface area (Å²) >= 11 is 0. The quantitative estimate of drug-likeness (QED) is 0.307. The van der Waals surface area contributed by atoms with Crippen molar-refractivity contribution in [2.75, 3.05) is 27.3 Å². The zero-order chi connectivity index (χ0) is 29.8. The van der Waals surface area contributed by atoms with Gasteiger partial charge in [-0.1, -0.05) is 23.4 Å². The van der Waals surface area contributed by atoms with Gasteiger partial charge in [0.15, 0.2) is 11.6 Å². The smallest absolute Gasteiger partial charge is 0.255 e. The molecule has 0 spiro atoms. The van der Waals surface area contributed by atoms with E-state index in [1.807, 2.05) is 0 Å². The summed E-state index contributed by atoms with van der Waals surface area (Å²) in [7, 11) is 2.96. The number of halogens is 1. The van der Waals surface area contributed by atoms with Gasteiger partial charge in [-0.25, -0.2) is 9.07 Å². The SMILES string of the molecule is COCc1nn(Cc2ccc3c(c2)CCN(C(C)C)CC3)cc1C(=O)NCc1c(-n2cc(C)nn2)ccc(OC)c1F. The number of rotatable bonds is 10. The van der Waals surface area contributed by atoms with Gasteiger partial charge in [-0.05, 0) is 62.4 Å². The molecule has 0 bridgehead atoms. The number of aryl methyl sites for hydroxylation is 1. The fourth-order valence-electron chi connectivity index (χ4n) is 5.43. The summed E-state index contributed by atoms with van der Waals surface area (Å²) in [6, 6.07) is 10.4. The molecule has 0 saturated heterocycles. The number of nitrogens with one attached hydrogen (secondary N) is 1. The van der Waals surface area contributed by atoms with Crippen molar-refractivity contribution in [1.29, 1.82) is 0 Å². The molecule has 0 saturated carbocycles. The minimum Gasteiger partial charge on any atom is -0.494 e. The van der Waals surface area contributed by atoms with Gasteiger partial charge in [0.1, 0.15) is 5.69 Å². The monoisotopic (exact) mass is 575 g/mol. The van der Waals surface area contributed by atoms with Crippen molar-refractivity contribution < 1.29 is 18.7 Å². The summed E-state index contributed by atoms with van der Waals surface area (Å²) in [6.45, 7) is 9.00. The number of aromatic nitrogens is 5. The Morgan fingerprint density at radius 1 is 1.10 bits per heavy atom. The van der Waals surface area contributed by atoms with Crippen LogP contribution in [0.5, 0.6) is 5.75 Å². The van der Waals surface area contributed by atoms with Crippen LogP contribution < -0.4 is 10.1 Å². The number of benzene rings is 2. The van der Waals surface area contributed by atoms with Gasteiger partial charge < -0.3 is 19.7 Å². The molecule has 4 aromatic rings. The van der Waals surface area contributed by atoms with Crippen molar-refractivity contribution in [1.82, 2.24) is 35.0 Å². The maximum absolute atomic E-state index is 15.4. The lowest BCUT2D eigenvalue weighted by atomic mass is 10.00. The van der Waals surface area contributed by atoms with Crippen LogP contribution in [-0.4, -0.2) is 68.9 Å². The molecule has 1 aliphatic rings. The molecule has 10 nitrogen and oxygen atoms in total. The third kappa shape index (κ3) is 6.37. The average molecular weight is 576 g/mol. The molecule has 0 aliphatic carbocycles. The van der Waals surface area contributed by atoms with E-state index in [0.717, 1.165) is 31.5 Å². The molecular weight excluding hydrogens is 537 g/mol. The molecule has 42 heavy (non-hydrogen) atoms. The van der Waals surface area contributed by atoms with Gasteiger partial charge in [0.05, 0.1) is 43.4 Å². The van der Waals surface area contributed by atoms with E-state index in [0.29, 0.717) is 35.2 Å². The Bertz CT molecular complexity index is 1560. The fraction of sp³-hybridized carbons (Fsp3) is 0.419. The summed E-state index contributed by atoms with van der Waals surface area (Å²) in [6.07, 6.45) is 5.47. The number of carbonyl (C=O) groups excluding carboxylic acids is 1. The van der Waals surface area contributed by atoms with E-state index < -0.39 is 5.82 Å². The second-order valence-electron chi connectivity index (χ2n) is 10.9. The fourth-order valence-corrected chi connectivity index (χ4v) is 5.43. The van der Waals surface area contributed by atoms with Crippen LogP contribution in [0.15, 0.2) is 42.7 Å². The second-order valence-corrected chi connectivity index (χ2v) is 10.9. The van der Waals surface area contributed by atoms with Crippen LogP contribution in [0, 0.1) is 12.7 Å². The number of nitrogens with zero attached hydrogens (tertiary/aromatic N) is 6. The highest BCUT2D eigenvalue weighted by Crippen LogP contribution is 2.26. The minimum atomic E-state index is -0.573. The molecule has 1 aliphatic heterocycles. The van der Waals surface area contributed by atoms with Crippen LogP contribution in [-0.2, 0) is 37.3 Å². The number of fused-ring (bicyclic) bond motifs is 1. The van der Waals surface area contributed by atoms with Gasteiger partial charge >= 0.3 is 0 Å². The van der Waals surface area contributed by atoms with Gasteiger partial charge in [0.25, 0.3) is 5.91 Å². The number of methoxy groups -OCH3 is 2. The molecule has 0 fully saturated rings. The van der Waals surface area contributed by atoms with Gasteiger partial charge in [-0.3, -0.25) is 9.48 Å². The molecule has 5 rings (SSSR count). The first-order chi connectivity index (χ1) is 20.3. The number of hydrogen-bond acceptors (Lipinski definition) is 7. The van der Waals surface area contributed by atoms with E-state index in [1.54, 1.807) is 37.2 Å². The summed E-state index contributed by atoms with van der Waals surface area (Å²) in [5.41, 5.74) is 6.15. The van der Waals surface area contributed by atoms with Crippen molar-refractivity contribution in [3.8, 4) is 11.4 Å². The molecule has 222 valence electrons. The van der Waals surface area contributed by atoms with Crippen LogP contribution in [0.4, 0.5) is 4.39 Å². The van der Waals surface area contributed by atoms with E-state index in [4.69, 9.17) is 9.47 Å². The molecule has 2 aromatic carbocycles. The van der Waals surface area contributed by atoms with E-state index >= 15 is 4.39 Å².